The summed E-state index contributed by atoms with van der Waals surface area (Å²) in [6.07, 6.45) is 5.92. The van der Waals surface area contributed by atoms with Crippen molar-refractivity contribution >= 4 is 67.8 Å². The number of fused-ring (bicyclic) bond motifs is 6. The molecule has 0 aliphatic carbocycles. The zero-order valence-corrected chi connectivity index (χ0v) is 27.8. The molecule has 6 N–H and O–H groups in total. The first-order chi connectivity index (χ1) is 23.1. The van der Waals surface area contributed by atoms with Gasteiger partial charge in [-0.2, -0.15) is 29.8 Å². The van der Waals surface area contributed by atoms with Gasteiger partial charge in [0.05, 0.1) is 33.4 Å². The Hall–Kier alpha value is -4.82. The van der Waals surface area contributed by atoms with E-state index in [0.29, 0.717) is 0 Å². The average Bonchev–Trinajstić information content (AvgIpc) is 3.78. The van der Waals surface area contributed by atoms with E-state index in [1.54, 1.807) is 0 Å². The van der Waals surface area contributed by atoms with Crippen LogP contribution < -0.4 is 5.32 Å². The minimum Gasteiger partial charge on any atom is -0.581 e. The first-order valence-corrected chi connectivity index (χ1v) is 19.3. The number of aliphatic imine (C=N–C) groups is 2. The van der Waals surface area contributed by atoms with Crippen LogP contribution >= 0.6 is 0 Å². The van der Waals surface area contributed by atoms with E-state index in [-0.39, 0.29) is 22.6 Å². The number of rotatable bonds is 7. The summed E-state index contributed by atoms with van der Waals surface area (Å²) in [7, 11) is -21.1. The van der Waals surface area contributed by atoms with Crippen LogP contribution in [0.25, 0.3) is 9.81 Å². The SMILES string of the molecule is O=[N+]([O-])c1ccc(Cn2c3ccc2C(S(=O)(=O)O)=C2C=CC(=N2)C([S+](=O)([O-])O)=C2C=CC(=C(S(=O)(=O)O)C4=NC(=C3S(=O)(=O)O)C=C4)[NH2+]2)cc1. The molecule has 0 fully saturated rings. The van der Waals surface area contributed by atoms with E-state index in [0.717, 1.165) is 70.6 Å². The molecule has 1 unspecified atom stereocenters. The minimum atomic E-state index is -5.34. The lowest BCUT2D eigenvalue weighted by Gasteiger charge is -2.17. The number of nitrogens with two attached hydrogens (primary N) is 1. The molecule has 5 heterocycles. The van der Waals surface area contributed by atoms with Crippen molar-refractivity contribution in [3.8, 4) is 0 Å². The molecule has 0 spiro atoms. The molecule has 8 bridgehead atoms. The zero-order chi connectivity index (χ0) is 36.6. The lowest BCUT2D eigenvalue weighted by atomic mass is 10.2. The van der Waals surface area contributed by atoms with Crippen molar-refractivity contribution in [2.75, 3.05) is 0 Å². The van der Waals surface area contributed by atoms with Gasteiger partial charge in [0.15, 0.2) is 16.3 Å². The molecule has 2 aromatic rings. The van der Waals surface area contributed by atoms with Gasteiger partial charge in [0, 0.05) is 30.8 Å². The maximum absolute atomic E-state index is 13.0. The van der Waals surface area contributed by atoms with Gasteiger partial charge in [-0.25, -0.2) is 9.98 Å². The smallest absolute Gasteiger partial charge is 0.302 e. The number of benzene rings is 1. The molecule has 0 saturated heterocycles. The van der Waals surface area contributed by atoms with Crippen molar-refractivity contribution in [2.24, 2.45) is 9.98 Å². The summed E-state index contributed by atoms with van der Waals surface area (Å²) in [4.78, 5) is 14.7. The fourth-order valence-electron chi connectivity index (χ4n) is 5.54. The predicted molar refractivity (Wildman–Crippen MR) is 175 cm³/mol. The highest BCUT2D eigenvalue weighted by Crippen LogP contribution is 2.37. The number of quaternary nitrogens is 1. The number of allylic oxidation sites excluding steroid dienone is 8. The van der Waals surface area contributed by atoms with Crippen LogP contribution in [0.1, 0.15) is 17.0 Å². The van der Waals surface area contributed by atoms with Gasteiger partial charge in [-0.3, -0.25) is 29.1 Å². The Kier molecular flexibility index (Phi) is 8.34. The molecule has 6 rings (SSSR count). The van der Waals surface area contributed by atoms with Gasteiger partial charge >= 0.3 is 10.1 Å². The van der Waals surface area contributed by atoms with E-state index < -0.39 is 106 Å². The number of nitro benzene ring substituents is 1. The highest BCUT2D eigenvalue weighted by molar-refractivity contribution is 7.97. The van der Waals surface area contributed by atoms with Gasteiger partial charge in [0.2, 0.25) is 10.5 Å². The predicted octanol–water partition coefficient (Wildman–Crippen LogP) is 1.14. The Morgan fingerprint density at radius 2 is 1.20 bits per heavy atom. The van der Waals surface area contributed by atoms with Crippen LogP contribution in [0.15, 0.2) is 115 Å². The average molecular weight is 767 g/mol. The summed E-state index contributed by atoms with van der Waals surface area (Å²) in [5.41, 5.74) is -4.22. The molecule has 19 nitrogen and oxygen atoms in total. The molecule has 0 radical (unpaired) electrons. The lowest BCUT2D eigenvalue weighted by Crippen LogP contribution is -2.78. The van der Waals surface area contributed by atoms with Crippen molar-refractivity contribution in [2.45, 2.75) is 6.54 Å². The standard InChI is InChI=1S/C27H19N5O14S4/c33-32(34)15-3-1-14(2-4-15)13-31-22-11-12-23(31)27(50(44,45)46)21-10-8-19(30-21)25(48(38,39)40)17-6-5-16(28-17)24(47(35,36)37)18-7-9-20(29-18)26(22)49(41,42)43/h1-12,28H,13H2,(H4-,35,36,37,38,39,40,41,42,43,44,45,46)/p+1. The molecule has 4 aliphatic heterocycles. The molecule has 1 aromatic heterocycles. The Morgan fingerprint density at radius 3 is 1.68 bits per heavy atom. The summed E-state index contributed by atoms with van der Waals surface area (Å²) in [6, 6.07) is 6.73. The Labute approximate surface area is 282 Å². The van der Waals surface area contributed by atoms with Crippen molar-refractivity contribution in [3.05, 3.63) is 133 Å². The molecule has 1 atom stereocenters. The fourth-order valence-corrected chi connectivity index (χ4v) is 8.79. The summed E-state index contributed by atoms with van der Waals surface area (Å²) >= 11 is 0. The Bertz CT molecular complexity index is 2610. The Balaban J connectivity index is 1.77. The van der Waals surface area contributed by atoms with Crippen LogP contribution in [0.4, 0.5) is 5.69 Å². The summed E-state index contributed by atoms with van der Waals surface area (Å²) < 4.78 is 145. The van der Waals surface area contributed by atoms with Crippen molar-refractivity contribution in [1.82, 2.24) is 4.57 Å². The molecule has 4 aliphatic rings. The van der Waals surface area contributed by atoms with Gasteiger partial charge in [-0.1, -0.05) is 16.3 Å². The van der Waals surface area contributed by atoms with E-state index in [1.807, 2.05) is 0 Å². The van der Waals surface area contributed by atoms with Crippen molar-refractivity contribution in [1.29, 1.82) is 0 Å². The van der Waals surface area contributed by atoms with E-state index in [1.165, 1.54) is 12.1 Å². The van der Waals surface area contributed by atoms with Crippen LogP contribution in [0.5, 0.6) is 0 Å². The number of nitro groups is 1. The van der Waals surface area contributed by atoms with Crippen LogP contribution in [-0.4, -0.2) is 68.9 Å². The van der Waals surface area contributed by atoms with Gasteiger partial charge in [-0.05, 0) is 42.0 Å². The quantitative estimate of drug-likeness (QED) is 0.114. The summed E-state index contributed by atoms with van der Waals surface area (Å²) in [6.45, 7) is -0.492. The molecule has 50 heavy (non-hydrogen) atoms. The highest BCUT2D eigenvalue weighted by Gasteiger charge is 2.40. The zero-order valence-electron chi connectivity index (χ0n) is 24.5. The molecule has 0 amide bonds. The number of hydrogen-bond donors (Lipinski definition) is 5. The topological polar surface area (TPSA) is 313 Å². The van der Waals surface area contributed by atoms with Crippen LogP contribution in [0.2, 0.25) is 0 Å². The Morgan fingerprint density at radius 1 is 0.720 bits per heavy atom. The van der Waals surface area contributed by atoms with Crippen LogP contribution in [-0.2, 0) is 51.6 Å². The second kappa shape index (κ2) is 11.9. The second-order valence-electron chi connectivity index (χ2n) is 10.6. The third-order valence-electron chi connectivity index (χ3n) is 7.45. The largest absolute Gasteiger partial charge is 0.581 e. The second-order valence-corrected chi connectivity index (χ2v) is 16.1. The van der Waals surface area contributed by atoms with Gasteiger partial charge < -0.3 is 9.12 Å². The van der Waals surface area contributed by atoms with Crippen LogP contribution in [0.3, 0.4) is 0 Å². The van der Waals surface area contributed by atoms with E-state index in [9.17, 15) is 62.3 Å². The number of aromatic nitrogens is 1. The normalized spacial score (nSPS) is 19.1. The third-order valence-corrected chi connectivity index (χ3v) is 11.2. The number of non-ortho nitro benzene ring substituents is 1. The molecule has 260 valence electrons. The van der Waals surface area contributed by atoms with Gasteiger partial charge in [-0.15, -0.1) is 0 Å². The number of nitrogens with zero attached hydrogens (tertiary/aromatic N) is 4. The minimum absolute atomic E-state index is 0.204. The number of hydrogen-bond acceptors (Lipinski definition) is 12. The third kappa shape index (κ3) is 6.44. The highest BCUT2D eigenvalue weighted by atomic mass is 32.3. The molecule has 1 aromatic carbocycles. The maximum Gasteiger partial charge on any atom is 0.302 e. The monoisotopic (exact) mass is 766 g/mol. The molecular weight excluding hydrogens is 747 g/mol. The maximum atomic E-state index is 13.0. The fraction of sp³-hybridized carbons (Fsp3) is 0.0370. The van der Waals surface area contributed by atoms with E-state index in [4.69, 9.17) is 0 Å². The van der Waals surface area contributed by atoms with E-state index in [2.05, 4.69) is 9.98 Å². The lowest BCUT2D eigenvalue weighted by molar-refractivity contribution is -0.539. The van der Waals surface area contributed by atoms with E-state index >= 15 is 0 Å². The first kappa shape index (κ1) is 35.0. The first-order valence-electron chi connectivity index (χ1n) is 13.5. The molecule has 0 saturated carbocycles. The van der Waals surface area contributed by atoms with Crippen molar-refractivity contribution < 1.29 is 62.5 Å². The van der Waals surface area contributed by atoms with Crippen molar-refractivity contribution in [3.63, 3.8) is 0 Å². The molecular formula is C27H20N5O14S4+. The van der Waals surface area contributed by atoms with Gasteiger partial charge in [0.25, 0.3) is 30.8 Å². The summed E-state index contributed by atoms with van der Waals surface area (Å²) in [5.74, 6) is 0. The summed E-state index contributed by atoms with van der Waals surface area (Å²) in [5, 5.41) is 12.1. The van der Waals surface area contributed by atoms with Gasteiger partial charge in [0.1, 0.15) is 15.5 Å². The van der Waals surface area contributed by atoms with Crippen LogP contribution in [0, 0.1) is 10.1 Å². The molecule has 23 heteroatoms.